The van der Waals surface area contributed by atoms with Gasteiger partial charge < -0.3 is 20.8 Å². The minimum absolute atomic E-state index is 0.00208. The molecule has 0 saturated carbocycles. The summed E-state index contributed by atoms with van der Waals surface area (Å²) in [6.45, 7) is 0.165. The Morgan fingerprint density at radius 1 is 1.31 bits per heavy atom. The van der Waals surface area contributed by atoms with Crippen LogP contribution in [0.15, 0.2) is 36.5 Å². The van der Waals surface area contributed by atoms with Gasteiger partial charge in [0.1, 0.15) is 11.4 Å². The Balaban J connectivity index is 1.81. The second-order valence-electron chi connectivity index (χ2n) is 7.05. The molecule has 0 fully saturated rings. The number of aliphatic hydroxyl groups is 2. The fourth-order valence-corrected chi connectivity index (χ4v) is 3.72. The quantitative estimate of drug-likeness (QED) is 0.508. The van der Waals surface area contributed by atoms with Gasteiger partial charge in [0.15, 0.2) is 0 Å². The number of aliphatic hydroxyl groups excluding tert-OH is 1. The lowest BCUT2D eigenvalue weighted by molar-refractivity contribution is -0.137. The zero-order valence-corrected chi connectivity index (χ0v) is 16.3. The van der Waals surface area contributed by atoms with Crippen LogP contribution in [0.4, 0.5) is 8.78 Å². The molecule has 1 aromatic carbocycles. The van der Waals surface area contributed by atoms with Crippen LogP contribution in [0.2, 0.25) is 5.02 Å². The first-order valence-corrected chi connectivity index (χ1v) is 9.59. The van der Waals surface area contributed by atoms with Crippen LogP contribution in [0.5, 0.6) is 0 Å². The first-order chi connectivity index (χ1) is 13.8. The van der Waals surface area contributed by atoms with Gasteiger partial charge in [-0.3, -0.25) is 9.78 Å². The first kappa shape index (κ1) is 21.6. The third kappa shape index (κ3) is 4.40. The van der Waals surface area contributed by atoms with Crippen molar-refractivity contribution in [1.82, 2.24) is 15.6 Å². The number of carbonyl (C=O) groups excluding carboxylic acids is 1. The van der Waals surface area contributed by atoms with E-state index in [1.165, 1.54) is 30.5 Å². The summed E-state index contributed by atoms with van der Waals surface area (Å²) in [7, 11) is 0. The lowest BCUT2D eigenvalue weighted by atomic mass is 9.74. The summed E-state index contributed by atoms with van der Waals surface area (Å²) in [4.78, 5) is 16.9. The molecule has 2 unspecified atom stereocenters. The number of carbonyl (C=O) groups is 1. The topological polar surface area (TPSA) is 94.5 Å². The normalized spacial score (nSPS) is 23.5. The Labute approximate surface area is 171 Å². The van der Waals surface area contributed by atoms with Crippen molar-refractivity contribution in [2.45, 2.75) is 30.7 Å². The summed E-state index contributed by atoms with van der Waals surface area (Å²) in [5, 5.41) is 25.4. The van der Waals surface area contributed by atoms with Gasteiger partial charge in [0.05, 0.1) is 12.3 Å². The molecule has 1 aromatic heterocycles. The molecule has 1 amide bonds. The summed E-state index contributed by atoms with van der Waals surface area (Å²) in [5.41, 5.74) is -3.28. The van der Waals surface area contributed by atoms with E-state index in [4.69, 9.17) is 16.7 Å². The van der Waals surface area contributed by atoms with E-state index < -0.39 is 23.0 Å². The molecular weight excluding hydrogens is 404 g/mol. The van der Waals surface area contributed by atoms with Crippen molar-refractivity contribution >= 4 is 17.5 Å². The summed E-state index contributed by atoms with van der Waals surface area (Å²) in [5.74, 6) is -1.38. The molecule has 2 atom stereocenters. The van der Waals surface area contributed by atoms with E-state index in [0.717, 1.165) is 6.07 Å². The number of benzene rings is 1. The highest BCUT2D eigenvalue weighted by atomic mass is 35.5. The van der Waals surface area contributed by atoms with Crippen LogP contribution in [0, 0.1) is 5.82 Å². The Morgan fingerprint density at radius 3 is 2.83 bits per heavy atom. The van der Waals surface area contributed by atoms with Crippen molar-refractivity contribution in [3.63, 3.8) is 0 Å². The van der Waals surface area contributed by atoms with E-state index in [1.54, 1.807) is 0 Å². The molecule has 4 N–H and O–H groups in total. The number of fused-ring (bicyclic) bond motifs is 1. The maximum absolute atomic E-state index is 15.8. The van der Waals surface area contributed by atoms with Gasteiger partial charge in [-0.05, 0) is 36.6 Å². The first-order valence-electron chi connectivity index (χ1n) is 9.21. The second kappa shape index (κ2) is 8.71. The number of hydrogen-bond donors (Lipinski definition) is 4. The molecule has 1 aliphatic rings. The van der Waals surface area contributed by atoms with Crippen LogP contribution in [-0.2, 0) is 22.6 Å². The predicted octanol–water partition coefficient (Wildman–Crippen LogP) is 1.92. The SMILES string of the molecule is O=C(NCc1ccc(F)cc1Cl)C1(F)CCC(O)(CNCCO)c2ncccc21. The highest BCUT2D eigenvalue weighted by molar-refractivity contribution is 6.31. The number of nitrogens with one attached hydrogen (secondary N) is 2. The number of amides is 1. The molecule has 9 heteroatoms. The molecule has 1 aliphatic carbocycles. The van der Waals surface area contributed by atoms with Crippen molar-refractivity contribution in [2.24, 2.45) is 0 Å². The highest BCUT2D eigenvalue weighted by Crippen LogP contribution is 2.45. The van der Waals surface area contributed by atoms with Crippen LogP contribution >= 0.6 is 11.6 Å². The zero-order valence-electron chi connectivity index (χ0n) is 15.6. The molecule has 2 aromatic rings. The van der Waals surface area contributed by atoms with Gasteiger partial charge in [0.25, 0.3) is 5.91 Å². The molecule has 29 heavy (non-hydrogen) atoms. The molecular formula is C20H22ClF2N3O3. The van der Waals surface area contributed by atoms with Crippen LogP contribution < -0.4 is 10.6 Å². The number of hydrogen-bond acceptors (Lipinski definition) is 5. The molecule has 0 spiro atoms. The Morgan fingerprint density at radius 2 is 2.10 bits per heavy atom. The summed E-state index contributed by atoms with van der Waals surface area (Å²) >= 11 is 5.96. The molecule has 156 valence electrons. The van der Waals surface area contributed by atoms with Crippen LogP contribution in [0.1, 0.15) is 29.7 Å². The average Bonchev–Trinajstić information content (AvgIpc) is 2.71. The lowest BCUT2D eigenvalue weighted by Crippen LogP contribution is -2.50. The lowest BCUT2D eigenvalue weighted by Gasteiger charge is -2.39. The van der Waals surface area contributed by atoms with Crippen molar-refractivity contribution in [3.8, 4) is 0 Å². The fourth-order valence-electron chi connectivity index (χ4n) is 3.49. The number of nitrogens with zero attached hydrogens (tertiary/aromatic N) is 1. The number of rotatable bonds is 7. The highest BCUT2D eigenvalue weighted by Gasteiger charge is 2.51. The Hall–Kier alpha value is -2.13. The minimum atomic E-state index is -2.38. The number of aromatic nitrogens is 1. The van der Waals surface area contributed by atoms with Gasteiger partial charge in [-0.2, -0.15) is 0 Å². The summed E-state index contributed by atoms with van der Waals surface area (Å²) in [6.07, 6.45) is 1.15. The largest absolute Gasteiger partial charge is 0.395 e. The molecule has 1 heterocycles. The van der Waals surface area contributed by atoms with Gasteiger partial charge in [0, 0.05) is 36.4 Å². The summed E-state index contributed by atoms with van der Waals surface area (Å²) in [6, 6.07) is 6.68. The third-order valence-electron chi connectivity index (χ3n) is 5.08. The maximum Gasteiger partial charge on any atom is 0.262 e. The summed E-state index contributed by atoms with van der Waals surface area (Å²) < 4.78 is 29.0. The van der Waals surface area contributed by atoms with E-state index in [0.29, 0.717) is 5.56 Å². The van der Waals surface area contributed by atoms with Gasteiger partial charge in [-0.15, -0.1) is 0 Å². The average molecular weight is 426 g/mol. The van der Waals surface area contributed by atoms with Crippen LogP contribution in [0.25, 0.3) is 0 Å². The molecule has 6 nitrogen and oxygen atoms in total. The zero-order chi connectivity index (χ0) is 21.1. The van der Waals surface area contributed by atoms with Crippen molar-refractivity contribution in [3.05, 3.63) is 64.2 Å². The number of alkyl halides is 1. The van der Waals surface area contributed by atoms with E-state index in [-0.39, 0.29) is 55.4 Å². The second-order valence-corrected chi connectivity index (χ2v) is 7.46. The monoisotopic (exact) mass is 425 g/mol. The van der Waals surface area contributed by atoms with Gasteiger partial charge in [-0.1, -0.05) is 23.7 Å². The Bertz CT molecular complexity index is 901. The van der Waals surface area contributed by atoms with Crippen LogP contribution in [0.3, 0.4) is 0 Å². The Kier molecular flexibility index (Phi) is 6.48. The van der Waals surface area contributed by atoms with Crippen molar-refractivity contribution < 1.29 is 23.8 Å². The van der Waals surface area contributed by atoms with Gasteiger partial charge >= 0.3 is 0 Å². The van der Waals surface area contributed by atoms with E-state index in [9.17, 15) is 14.3 Å². The molecule has 3 rings (SSSR count). The minimum Gasteiger partial charge on any atom is -0.395 e. The smallest absolute Gasteiger partial charge is 0.262 e. The fraction of sp³-hybridized carbons (Fsp3) is 0.400. The molecule has 0 radical (unpaired) electrons. The van der Waals surface area contributed by atoms with E-state index in [1.807, 2.05) is 0 Å². The predicted molar refractivity (Wildman–Crippen MR) is 103 cm³/mol. The standard InChI is InChI=1S/C20H22ClF2N3O3/c21-16-10-14(22)4-3-13(16)11-26-18(28)20(23)6-5-19(29,12-24-8-9-27)17-15(20)2-1-7-25-17/h1-4,7,10,24,27,29H,5-6,8-9,11-12H2,(H,26,28). The number of halogens is 3. The third-order valence-corrected chi connectivity index (χ3v) is 5.43. The molecule has 0 bridgehead atoms. The van der Waals surface area contributed by atoms with E-state index in [2.05, 4.69) is 15.6 Å². The molecule has 0 saturated heterocycles. The maximum atomic E-state index is 15.8. The van der Waals surface area contributed by atoms with Crippen LogP contribution in [-0.4, -0.2) is 40.8 Å². The van der Waals surface area contributed by atoms with Crippen molar-refractivity contribution in [2.75, 3.05) is 19.7 Å². The van der Waals surface area contributed by atoms with Gasteiger partial charge in [-0.25, -0.2) is 8.78 Å². The number of pyridine rings is 1. The van der Waals surface area contributed by atoms with E-state index >= 15 is 4.39 Å². The molecule has 0 aliphatic heterocycles. The van der Waals surface area contributed by atoms with Gasteiger partial charge in [0.2, 0.25) is 5.67 Å². The van der Waals surface area contributed by atoms with Crippen molar-refractivity contribution in [1.29, 1.82) is 0 Å².